The van der Waals surface area contributed by atoms with Crippen LogP contribution in [-0.2, 0) is 7.05 Å². The maximum Gasteiger partial charge on any atom is 0.233 e. The number of aryl methyl sites for hydroxylation is 1. The molecule has 0 unspecified atom stereocenters. The maximum absolute atomic E-state index is 13.5. The second-order valence-corrected chi connectivity index (χ2v) is 3.29. The molecule has 0 amide bonds. The molecule has 5 heteroatoms. The van der Waals surface area contributed by atoms with Crippen molar-refractivity contribution < 1.29 is 13.5 Å². The molecule has 0 bridgehead atoms. The minimum absolute atomic E-state index is 0.0965. The zero-order valence-corrected chi connectivity index (χ0v) is 8.87. The largest absolute Gasteiger partial charge is 0.480 e. The van der Waals surface area contributed by atoms with Crippen LogP contribution in [0.25, 0.3) is 11.3 Å². The molecule has 0 spiro atoms. The first kappa shape index (κ1) is 10.6. The molecule has 0 radical (unpaired) electrons. The van der Waals surface area contributed by atoms with Crippen LogP contribution in [0.1, 0.15) is 0 Å². The fraction of sp³-hybridized carbons (Fsp3) is 0.182. The van der Waals surface area contributed by atoms with Crippen LogP contribution >= 0.6 is 0 Å². The second kappa shape index (κ2) is 3.92. The van der Waals surface area contributed by atoms with Crippen molar-refractivity contribution in [1.82, 2.24) is 9.78 Å². The van der Waals surface area contributed by atoms with Gasteiger partial charge < -0.3 is 4.74 Å². The van der Waals surface area contributed by atoms with Gasteiger partial charge in [0.1, 0.15) is 11.6 Å². The SMILES string of the molecule is COc1cc(-c2c(F)cccc2F)n(C)n1. The summed E-state index contributed by atoms with van der Waals surface area (Å²) in [7, 11) is 3.05. The molecule has 1 heterocycles. The van der Waals surface area contributed by atoms with Gasteiger partial charge in [-0.1, -0.05) is 6.07 Å². The van der Waals surface area contributed by atoms with E-state index in [0.717, 1.165) is 0 Å². The Morgan fingerprint density at radius 2 is 1.88 bits per heavy atom. The van der Waals surface area contributed by atoms with Gasteiger partial charge in [-0.15, -0.1) is 5.10 Å². The standard InChI is InChI=1S/C11H10F2N2O/c1-15-9(6-10(14-15)16-2)11-7(12)4-3-5-8(11)13/h3-6H,1-2H3. The minimum Gasteiger partial charge on any atom is -0.480 e. The number of methoxy groups -OCH3 is 1. The third-order valence-corrected chi connectivity index (χ3v) is 2.29. The predicted octanol–water partition coefficient (Wildman–Crippen LogP) is 2.37. The average Bonchev–Trinajstić information content (AvgIpc) is 2.60. The van der Waals surface area contributed by atoms with Crippen molar-refractivity contribution in [3.8, 4) is 17.1 Å². The molecule has 0 aliphatic heterocycles. The molecular weight excluding hydrogens is 214 g/mol. The molecule has 0 saturated heterocycles. The molecule has 0 saturated carbocycles. The molecule has 0 aliphatic carbocycles. The van der Waals surface area contributed by atoms with Crippen LogP contribution in [0.15, 0.2) is 24.3 Å². The normalized spacial score (nSPS) is 10.5. The zero-order valence-electron chi connectivity index (χ0n) is 8.87. The highest BCUT2D eigenvalue weighted by Crippen LogP contribution is 2.27. The Bertz CT molecular complexity index is 502. The second-order valence-electron chi connectivity index (χ2n) is 3.29. The summed E-state index contributed by atoms with van der Waals surface area (Å²) in [6.07, 6.45) is 0. The van der Waals surface area contributed by atoms with Gasteiger partial charge in [0.05, 0.1) is 18.4 Å². The monoisotopic (exact) mass is 224 g/mol. The molecule has 3 nitrogen and oxygen atoms in total. The van der Waals surface area contributed by atoms with Crippen LogP contribution in [0.3, 0.4) is 0 Å². The van der Waals surface area contributed by atoms with Gasteiger partial charge >= 0.3 is 0 Å². The first-order valence-electron chi connectivity index (χ1n) is 4.66. The van der Waals surface area contributed by atoms with Crippen LogP contribution in [0.2, 0.25) is 0 Å². The Labute approximate surface area is 91.3 Å². The lowest BCUT2D eigenvalue weighted by atomic mass is 10.1. The average molecular weight is 224 g/mol. The third kappa shape index (κ3) is 1.64. The van der Waals surface area contributed by atoms with Crippen molar-refractivity contribution in [1.29, 1.82) is 0 Å². The minimum atomic E-state index is -0.620. The van der Waals surface area contributed by atoms with E-state index in [9.17, 15) is 8.78 Å². The molecule has 0 fully saturated rings. The molecule has 2 rings (SSSR count). The van der Waals surface area contributed by atoms with Gasteiger partial charge in [-0.2, -0.15) is 0 Å². The van der Waals surface area contributed by atoms with Crippen molar-refractivity contribution in [2.24, 2.45) is 7.05 Å². The quantitative estimate of drug-likeness (QED) is 0.783. The first-order chi connectivity index (χ1) is 7.63. The maximum atomic E-state index is 13.5. The third-order valence-electron chi connectivity index (χ3n) is 2.29. The van der Waals surface area contributed by atoms with Crippen LogP contribution < -0.4 is 4.74 Å². The predicted molar refractivity (Wildman–Crippen MR) is 55.1 cm³/mol. The number of nitrogens with zero attached hydrogens (tertiary/aromatic N) is 2. The highest BCUT2D eigenvalue weighted by molar-refractivity contribution is 5.62. The Hall–Kier alpha value is -1.91. The van der Waals surface area contributed by atoms with Crippen molar-refractivity contribution in [3.63, 3.8) is 0 Å². The fourth-order valence-corrected chi connectivity index (χ4v) is 1.52. The summed E-state index contributed by atoms with van der Waals surface area (Å²) in [6.45, 7) is 0. The fourth-order valence-electron chi connectivity index (χ4n) is 1.52. The van der Waals surface area contributed by atoms with E-state index >= 15 is 0 Å². The smallest absolute Gasteiger partial charge is 0.233 e. The first-order valence-corrected chi connectivity index (χ1v) is 4.66. The van der Waals surface area contributed by atoms with Gasteiger partial charge in [0, 0.05) is 13.1 Å². The molecule has 1 aromatic carbocycles. The van der Waals surface area contributed by atoms with Crippen molar-refractivity contribution >= 4 is 0 Å². The topological polar surface area (TPSA) is 27.1 Å². The number of hydrogen-bond donors (Lipinski definition) is 0. The van der Waals surface area contributed by atoms with Crippen molar-refractivity contribution in [3.05, 3.63) is 35.9 Å². The highest BCUT2D eigenvalue weighted by atomic mass is 19.1. The molecule has 1 aromatic heterocycles. The molecule has 84 valence electrons. The van der Waals surface area contributed by atoms with Crippen molar-refractivity contribution in [2.45, 2.75) is 0 Å². The molecular formula is C11H10F2N2O. The highest BCUT2D eigenvalue weighted by Gasteiger charge is 2.16. The molecule has 0 N–H and O–H groups in total. The van der Waals surface area contributed by atoms with Gasteiger partial charge in [-0.25, -0.2) is 8.78 Å². The Morgan fingerprint density at radius 3 is 2.38 bits per heavy atom. The number of aromatic nitrogens is 2. The summed E-state index contributed by atoms with van der Waals surface area (Å²) in [4.78, 5) is 0. The number of rotatable bonds is 2. The van der Waals surface area contributed by atoms with Gasteiger partial charge in [0.15, 0.2) is 0 Å². The zero-order chi connectivity index (χ0) is 11.7. The number of ether oxygens (including phenoxy) is 1. The van der Waals surface area contributed by atoms with Gasteiger partial charge in [0.25, 0.3) is 0 Å². The van der Waals surface area contributed by atoms with Gasteiger partial charge in [-0.3, -0.25) is 4.68 Å². The summed E-state index contributed by atoms with van der Waals surface area (Å²) in [5.41, 5.74) is 0.244. The van der Waals surface area contributed by atoms with E-state index in [1.54, 1.807) is 7.05 Å². The lowest BCUT2D eigenvalue weighted by molar-refractivity contribution is 0.392. The van der Waals surface area contributed by atoms with E-state index < -0.39 is 11.6 Å². The van der Waals surface area contributed by atoms with E-state index in [1.807, 2.05) is 0 Å². The molecule has 0 atom stereocenters. The molecule has 2 aromatic rings. The van der Waals surface area contributed by atoms with E-state index in [-0.39, 0.29) is 5.56 Å². The molecule has 16 heavy (non-hydrogen) atoms. The van der Waals surface area contributed by atoms with E-state index in [0.29, 0.717) is 11.6 Å². The Balaban J connectivity index is 2.62. The van der Waals surface area contributed by atoms with E-state index in [4.69, 9.17) is 4.74 Å². The summed E-state index contributed by atoms with van der Waals surface area (Å²) >= 11 is 0. The lowest BCUT2D eigenvalue weighted by Gasteiger charge is -2.04. The van der Waals surface area contributed by atoms with E-state index in [2.05, 4.69) is 5.10 Å². The van der Waals surface area contributed by atoms with Crippen LogP contribution in [-0.4, -0.2) is 16.9 Å². The summed E-state index contributed by atoms with van der Waals surface area (Å²) in [5.74, 6) is -0.920. The number of benzene rings is 1. The van der Waals surface area contributed by atoms with Crippen molar-refractivity contribution in [2.75, 3.05) is 7.11 Å². The number of hydrogen-bond acceptors (Lipinski definition) is 2. The molecule has 0 aliphatic rings. The van der Waals surface area contributed by atoms with E-state index in [1.165, 1.54) is 36.1 Å². The lowest BCUT2D eigenvalue weighted by Crippen LogP contribution is -1.98. The van der Waals surface area contributed by atoms with Crippen LogP contribution in [0.4, 0.5) is 8.78 Å². The summed E-state index contributed by atoms with van der Waals surface area (Å²) < 4.78 is 33.3. The Morgan fingerprint density at radius 1 is 1.25 bits per heavy atom. The number of halogens is 2. The van der Waals surface area contributed by atoms with Gasteiger partial charge in [0.2, 0.25) is 5.88 Å². The Kier molecular flexibility index (Phi) is 2.60. The van der Waals surface area contributed by atoms with Crippen LogP contribution in [0.5, 0.6) is 5.88 Å². The van der Waals surface area contributed by atoms with Gasteiger partial charge in [-0.05, 0) is 12.1 Å². The summed E-state index contributed by atoms with van der Waals surface area (Å²) in [5, 5.41) is 3.95. The summed E-state index contributed by atoms with van der Waals surface area (Å²) in [6, 6.07) is 5.22. The van der Waals surface area contributed by atoms with Crippen LogP contribution in [0, 0.1) is 11.6 Å².